The highest BCUT2D eigenvalue weighted by Crippen LogP contribution is 2.24. The maximum Gasteiger partial charge on any atom is 0.315 e. The molecule has 2 aliphatic carbocycles. The van der Waals surface area contributed by atoms with Gasteiger partial charge in [-0.1, -0.05) is 25.3 Å². The van der Waals surface area contributed by atoms with E-state index < -0.39 is 11.6 Å². The molecule has 4 nitrogen and oxygen atoms in total. The molecule has 0 radical (unpaired) electrons. The normalized spacial score (nSPS) is 24.2. The lowest BCUT2D eigenvalue weighted by Crippen LogP contribution is -2.48. The third kappa shape index (κ3) is 5.40. The molecule has 2 amide bonds. The lowest BCUT2D eigenvalue weighted by atomic mass is 9.93. The lowest BCUT2D eigenvalue weighted by molar-refractivity contribution is 0.00949. The predicted molar refractivity (Wildman–Crippen MR) is 95.7 cm³/mol. The topological polar surface area (TPSA) is 50.4 Å². The Bertz CT molecular complexity index is 577. The molecule has 2 aliphatic rings. The van der Waals surface area contributed by atoms with E-state index in [0.29, 0.717) is 6.04 Å². The van der Waals surface area contributed by atoms with Crippen LogP contribution in [0.15, 0.2) is 18.2 Å². The van der Waals surface area contributed by atoms with Crippen LogP contribution in [0.5, 0.6) is 0 Å². The van der Waals surface area contributed by atoms with Crippen molar-refractivity contribution in [2.24, 2.45) is 0 Å². The van der Waals surface area contributed by atoms with Crippen molar-refractivity contribution in [1.82, 2.24) is 10.6 Å². The minimum Gasteiger partial charge on any atom is -0.373 e. The van der Waals surface area contributed by atoms with Gasteiger partial charge < -0.3 is 15.4 Å². The van der Waals surface area contributed by atoms with Crippen molar-refractivity contribution in [3.05, 3.63) is 35.4 Å². The van der Waals surface area contributed by atoms with Gasteiger partial charge >= 0.3 is 6.03 Å². The number of urea groups is 1. The second-order valence-electron chi connectivity index (χ2n) is 7.44. The van der Waals surface area contributed by atoms with E-state index in [-0.39, 0.29) is 30.3 Å². The maximum absolute atomic E-state index is 13.6. The molecule has 0 bridgehead atoms. The molecule has 1 aromatic rings. The van der Waals surface area contributed by atoms with Gasteiger partial charge in [0.25, 0.3) is 0 Å². The van der Waals surface area contributed by atoms with Crippen LogP contribution in [-0.4, -0.2) is 24.2 Å². The van der Waals surface area contributed by atoms with E-state index in [0.717, 1.165) is 38.5 Å². The van der Waals surface area contributed by atoms with Gasteiger partial charge in [-0.15, -0.1) is 0 Å². The number of hydrogen-bond donors (Lipinski definition) is 2. The summed E-state index contributed by atoms with van der Waals surface area (Å²) >= 11 is 0. The molecule has 2 saturated carbocycles. The molecule has 0 aliphatic heterocycles. The van der Waals surface area contributed by atoms with Crippen LogP contribution in [0.2, 0.25) is 0 Å². The number of benzene rings is 1. The second-order valence-corrected chi connectivity index (χ2v) is 7.44. The van der Waals surface area contributed by atoms with Crippen LogP contribution in [0, 0.1) is 11.6 Å². The number of rotatable bonds is 5. The van der Waals surface area contributed by atoms with Crippen LogP contribution in [0.25, 0.3) is 0 Å². The fourth-order valence-corrected chi connectivity index (χ4v) is 3.90. The van der Waals surface area contributed by atoms with E-state index in [1.807, 2.05) is 0 Å². The van der Waals surface area contributed by atoms with E-state index in [1.54, 1.807) is 0 Å². The van der Waals surface area contributed by atoms with Crippen LogP contribution < -0.4 is 10.6 Å². The van der Waals surface area contributed by atoms with Crippen molar-refractivity contribution in [2.45, 2.75) is 82.6 Å². The molecule has 2 fully saturated rings. The zero-order valence-corrected chi connectivity index (χ0v) is 15.1. The molecule has 0 heterocycles. The minimum atomic E-state index is -0.570. The van der Waals surface area contributed by atoms with Gasteiger partial charge in [0.05, 0.1) is 12.7 Å². The van der Waals surface area contributed by atoms with Gasteiger partial charge in [-0.2, -0.15) is 0 Å². The van der Waals surface area contributed by atoms with Crippen molar-refractivity contribution in [2.75, 3.05) is 0 Å². The van der Waals surface area contributed by atoms with Crippen LogP contribution in [-0.2, 0) is 11.3 Å². The molecule has 144 valence electrons. The highest BCUT2D eigenvalue weighted by molar-refractivity contribution is 5.74. The first-order valence-electron chi connectivity index (χ1n) is 9.73. The zero-order chi connectivity index (χ0) is 18.4. The highest BCUT2D eigenvalue weighted by atomic mass is 19.1. The maximum atomic E-state index is 13.6. The first kappa shape index (κ1) is 19.1. The van der Waals surface area contributed by atoms with Crippen molar-refractivity contribution in [3.63, 3.8) is 0 Å². The van der Waals surface area contributed by atoms with Gasteiger partial charge in [0.2, 0.25) is 0 Å². The molecular formula is C20H28F2N2O2. The molecule has 26 heavy (non-hydrogen) atoms. The summed E-state index contributed by atoms with van der Waals surface area (Å²) in [5.41, 5.74) is -0.0143. The van der Waals surface area contributed by atoms with Crippen molar-refractivity contribution in [3.8, 4) is 0 Å². The van der Waals surface area contributed by atoms with E-state index >= 15 is 0 Å². The Morgan fingerprint density at radius 1 is 0.923 bits per heavy atom. The summed E-state index contributed by atoms with van der Waals surface area (Å²) in [6.45, 7) is -0.0521. The number of carbonyl (C=O) groups excluding carboxylic acids is 1. The van der Waals surface area contributed by atoms with Gasteiger partial charge in [-0.3, -0.25) is 0 Å². The van der Waals surface area contributed by atoms with E-state index in [9.17, 15) is 13.6 Å². The van der Waals surface area contributed by atoms with Gasteiger partial charge in [0, 0.05) is 17.6 Å². The smallest absolute Gasteiger partial charge is 0.315 e. The fraction of sp³-hybridized carbons (Fsp3) is 0.650. The van der Waals surface area contributed by atoms with Gasteiger partial charge in [0.1, 0.15) is 11.6 Å². The lowest BCUT2D eigenvalue weighted by Gasteiger charge is -2.30. The first-order chi connectivity index (χ1) is 12.6. The monoisotopic (exact) mass is 366 g/mol. The number of hydrogen-bond acceptors (Lipinski definition) is 2. The Kier molecular flexibility index (Phi) is 6.83. The van der Waals surface area contributed by atoms with E-state index in [2.05, 4.69) is 10.6 Å². The predicted octanol–water partition coefficient (Wildman–Crippen LogP) is 4.42. The molecule has 3 rings (SSSR count). The van der Waals surface area contributed by atoms with Crippen LogP contribution >= 0.6 is 0 Å². The fourth-order valence-electron chi connectivity index (χ4n) is 3.90. The number of carbonyl (C=O) groups is 1. The number of amides is 2. The molecular weight excluding hydrogens is 338 g/mol. The van der Waals surface area contributed by atoms with Gasteiger partial charge in [-0.25, -0.2) is 13.6 Å². The SMILES string of the molecule is O=C(NC1CCCCC1)NC1CCC(OCc2c(F)cccc2F)CC1. The van der Waals surface area contributed by atoms with E-state index in [4.69, 9.17) is 4.74 Å². The third-order valence-corrected chi connectivity index (χ3v) is 5.47. The van der Waals surface area contributed by atoms with Crippen molar-refractivity contribution in [1.29, 1.82) is 0 Å². The Labute approximate surface area is 153 Å². The van der Waals surface area contributed by atoms with E-state index in [1.165, 1.54) is 37.5 Å². The number of nitrogens with one attached hydrogen (secondary N) is 2. The van der Waals surface area contributed by atoms with Crippen molar-refractivity contribution < 1.29 is 18.3 Å². The summed E-state index contributed by atoms with van der Waals surface area (Å²) in [6.07, 6.45) is 8.97. The largest absolute Gasteiger partial charge is 0.373 e. The molecule has 0 spiro atoms. The average molecular weight is 366 g/mol. The molecule has 0 saturated heterocycles. The highest BCUT2D eigenvalue weighted by Gasteiger charge is 2.24. The first-order valence-corrected chi connectivity index (χ1v) is 9.73. The van der Waals surface area contributed by atoms with Crippen LogP contribution in [0.3, 0.4) is 0 Å². The molecule has 0 atom stereocenters. The minimum absolute atomic E-state index is 0.0143. The summed E-state index contributed by atoms with van der Waals surface area (Å²) in [5.74, 6) is -1.14. The van der Waals surface area contributed by atoms with Crippen molar-refractivity contribution >= 4 is 6.03 Å². The molecule has 6 heteroatoms. The number of ether oxygens (including phenoxy) is 1. The Hall–Kier alpha value is -1.69. The van der Waals surface area contributed by atoms with Crippen LogP contribution in [0.4, 0.5) is 13.6 Å². The molecule has 0 aromatic heterocycles. The third-order valence-electron chi connectivity index (χ3n) is 5.47. The van der Waals surface area contributed by atoms with Crippen LogP contribution in [0.1, 0.15) is 63.4 Å². The quantitative estimate of drug-likeness (QED) is 0.810. The Morgan fingerprint density at radius 3 is 2.12 bits per heavy atom. The number of halogens is 2. The summed E-state index contributed by atoms with van der Waals surface area (Å²) in [4.78, 5) is 12.1. The average Bonchev–Trinajstić information content (AvgIpc) is 2.63. The molecule has 2 N–H and O–H groups in total. The molecule has 1 aromatic carbocycles. The zero-order valence-electron chi connectivity index (χ0n) is 15.1. The Balaban J connectivity index is 1.36. The summed E-state index contributed by atoms with van der Waals surface area (Å²) in [7, 11) is 0. The Morgan fingerprint density at radius 2 is 1.50 bits per heavy atom. The summed E-state index contributed by atoms with van der Waals surface area (Å²) in [5, 5.41) is 6.12. The van der Waals surface area contributed by atoms with Gasteiger partial charge in [0.15, 0.2) is 0 Å². The second kappa shape index (κ2) is 9.31. The molecule has 0 unspecified atom stereocenters. The van der Waals surface area contributed by atoms with Gasteiger partial charge in [-0.05, 0) is 50.7 Å². The standard InChI is InChI=1S/C20H28F2N2O2/c21-18-7-4-8-19(22)17(18)13-26-16-11-9-15(10-12-16)24-20(25)23-14-5-2-1-3-6-14/h4,7-8,14-16H,1-3,5-6,9-13H2,(H2,23,24,25). The summed E-state index contributed by atoms with van der Waals surface area (Å²) in [6, 6.07) is 4.21. The summed E-state index contributed by atoms with van der Waals surface area (Å²) < 4.78 is 33.0.